The van der Waals surface area contributed by atoms with Gasteiger partial charge in [-0.25, -0.2) is 4.39 Å². The Morgan fingerprint density at radius 3 is 2.48 bits per heavy atom. The molecule has 3 nitrogen and oxygen atoms in total. The summed E-state index contributed by atoms with van der Waals surface area (Å²) in [7, 11) is 2.09. The van der Waals surface area contributed by atoms with Crippen molar-refractivity contribution in [2.24, 2.45) is 5.73 Å². The Bertz CT molecular complexity index is 654. The molecule has 2 aromatic carbocycles. The molecule has 2 N–H and O–H groups in total. The number of benzene rings is 2. The van der Waals surface area contributed by atoms with Crippen LogP contribution in [0.5, 0.6) is 0 Å². The van der Waals surface area contributed by atoms with Crippen molar-refractivity contribution in [3.8, 4) is 0 Å². The van der Waals surface area contributed by atoms with Crippen molar-refractivity contribution in [3.63, 3.8) is 0 Å². The highest BCUT2D eigenvalue weighted by Gasteiger charge is 2.23. The van der Waals surface area contributed by atoms with E-state index in [1.807, 2.05) is 25.1 Å². The summed E-state index contributed by atoms with van der Waals surface area (Å²) >= 11 is 0. The summed E-state index contributed by atoms with van der Waals surface area (Å²) in [6.07, 6.45) is 0. The van der Waals surface area contributed by atoms with Crippen LogP contribution in [0.3, 0.4) is 0 Å². The first-order valence-electron chi connectivity index (χ1n) is 7.20. The fraction of sp³-hybridized carbons (Fsp3) is 0.294. The SMILES string of the molecule is C[C@H](N)c1cc(F)ccc1N1CCN(C)c2ccccc21. The zero-order valence-corrected chi connectivity index (χ0v) is 12.4. The Morgan fingerprint density at radius 1 is 1.05 bits per heavy atom. The standard InChI is InChI=1S/C17H20FN3/c1-12(19)14-11-13(18)7-8-15(14)21-10-9-20(2)16-5-3-4-6-17(16)21/h3-8,11-12H,9-10,19H2,1-2H3/t12-/m0/s1. The van der Waals surface area contributed by atoms with Crippen molar-refractivity contribution < 1.29 is 4.39 Å². The van der Waals surface area contributed by atoms with Crippen molar-refractivity contribution in [1.82, 2.24) is 0 Å². The molecule has 1 aliphatic rings. The molecule has 0 fully saturated rings. The van der Waals surface area contributed by atoms with E-state index in [0.29, 0.717) is 0 Å². The lowest BCUT2D eigenvalue weighted by Gasteiger charge is -2.38. The topological polar surface area (TPSA) is 32.5 Å². The second kappa shape index (κ2) is 5.37. The third-order valence-corrected chi connectivity index (χ3v) is 4.01. The molecule has 4 heteroatoms. The lowest BCUT2D eigenvalue weighted by molar-refractivity contribution is 0.622. The van der Waals surface area contributed by atoms with Crippen LogP contribution in [-0.4, -0.2) is 20.1 Å². The molecule has 2 aromatic rings. The fourth-order valence-electron chi connectivity index (χ4n) is 2.89. The zero-order chi connectivity index (χ0) is 15.0. The van der Waals surface area contributed by atoms with Crippen LogP contribution in [0.1, 0.15) is 18.5 Å². The van der Waals surface area contributed by atoms with Crippen LogP contribution in [0.2, 0.25) is 0 Å². The number of halogens is 1. The molecule has 110 valence electrons. The lowest BCUT2D eigenvalue weighted by atomic mass is 10.0. The van der Waals surface area contributed by atoms with Gasteiger partial charge in [0.15, 0.2) is 0 Å². The van der Waals surface area contributed by atoms with Gasteiger partial charge in [-0.05, 0) is 42.8 Å². The monoisotopic (exact) mass is 285 g/mol. The van der Waals surface area contributed by atoms with Gasteiger partial charge in [-0.3, -0.25) is 0 Å². The summed E-state index contributed by atoms with van der Waals surface area (Å²) in [5, 5.41) is 0. The number of rotatable bonds is 2. The average molecular weight is 285 g/mol. The minimum absolute atomic E-state index is 0.206. The van der Waals surface area contributed by atoms with E-state index in [1.54, 1.807) is 6.07 Å². The number of hydrogen-bond acceptors (Lipinski definition) is 3. The number of fused-ring (bicyclic) bond motifs is 1. The fourth-order valence-corrected chi connectivity index (χ4v) is 2.89. The Balaban J connectivity index is 2.12. The van der Waals surface area contributed by atoms with Gasteiger partial charge in [-0.15, -0.1) is 0 Å². The molecule has 3 rings (SSSR count). The number of likely N-dealkylation sites (N-methyl/N-ethyl adjacent to an activating group) is 1. The molecule has 0 aromatic heterocycles. The first kappa shape index (κ1) is 13.9. The smallest absolute Gasteiger partial charge is 0.123 e. The molecule has 0 radical (unpaired) electrons. The second-order valence-electron chi connectivity index (χ2n) is 5.55. The van der Waals surface area contributed by atoms with Crippen molar-refractivity contribution in [3.05, 3.63) is 53.8 Å². The molecule has 0 saturated heterocycles. The first-order chi connectivity index (χ1) is 10.1. The first-order valence-corrected chi connectivity index (χ1v) is 7.20. The van der Waals surface area contributed by atoms with Crippen LogP contribution in [-0.2, 0) is 0 Å². The van der Waals surface area contributed by atoms with Gasteiger partial charge in [0.25, 0.3) is 0 Å². The summed E-state index contributed by atoms with van der Waals surface area (Å²) in [6, 6.07) is 12.9. The van der Waals surface area contributed by atoms with Gasteiger partial charge in [0, 0.05) is 31.9 Å². The molecular weight excluding hydrogens is 265 g/mol. The summed E-state index contributed by atoms with van der Waals surface area (Å²) in [5.41, 5.74) is 10.2. The molecule has 21 heavy (non-hydrogen) atoms. The van der Waals surface area contributed by atoms with Crippen molar-refractivity contribution in [1.29, 1.82) is 0 Å². The molecule has 1 aliphatic heterocycles. The van der Waals surface area contributed by atoms with E-state index in [0.717, 1.165) is 30.0 Å². The van der Waals surface area contributed by atoms with Crippen LogP contribution in [0.4, 0.5) is 21.5 Å². The molecule has 1 atom stereocenters. The van der Waals surface area contributed by atoms with E-state index in [2.05, 4.69) is 29.0 Å². The van der Waals surface area contributed by atoms with Gasteiger partial charge in [-0.1, -0.05) is 12.1 Å². The zero-order valence-electron chi connectivity index (χ0n) is 12.4. The number of para-hydroxylation sites is 2. The Hall–Kier alpha value is -2.07. The van der Waals surface area contributed by atoms with Crippen molar-refractivity contribution in [2.45, 2.75) is 13.0 Å². The molecule has 0 amide bonds. The minimum atomic E-state index is -0.242. The van der Waals surface area contributed by atoms with Crippen molar-refractivity contribution >= 4 is 17.1 Å². The van der Waals surface area contributed by atoms with E-state index >= 15 is 0 Å². The number of nitrogens with zero attached hydrogens (tertiary/aromatic N) is 2. The van der Waals surface area contributed by atoms with E-state index in [-0.39, 0.29) is 11.9 Å². The van der Waals surface area contributed by atoms with E-state index in [9.17, 15) is 4.39 Å². The normalized spacial score (nSPS) is 15.8. The maximum absolute atomic E-state index is 13.6. The van der Waals surface area contributed by atoms with Gasteiger partial charge >= 0.3 is 0 Å². The molecule has 0 unspecified atom stereocenters. The van der Waals surface area contributed by atoms with E-state index in [4.69, 9.17) is 5.73 Å². The average Bonchev–Trinajstić information content (AvgIpc) is 2.48. The van der Waals surface area contributed by atoms with Gasteiger partial charge in [-0.2, -0.15) is 0 Å². The third kappa shape index (κ3) is 2.47. The largest absolute Gasteiger partial charge is 0.371 e. The van der Waals surface area contributed by atoms with E-state index in [1.165, 1.54) is 11.8 Å². The number of nitrogens with two attached hydrogens (primary N) is 1. The van der Waals surface area contributed by atoms with Crippen LogP contribution in [0.15, 0.2) is 42.5 Å². The molecular formula is C17H20FN3. The highest BCUT2D eigenvalue weighted by Crippen LogP contribution is 2.39. The highest BCUT2D eigenvalue weighted by molar-refractivity contribution is 5.80. The summed E-state index contributed by atoms with van der Waals surface area (Å²) in [6.45, 7) is 3.67. The molecule has 1 heterocycles. The number of hydrogen-bond donors (Lipinski definition) is 1. The Morgan fingerprint density at radius 2 is 1.76 bits per heavy atom. The van der Waals surface area contributed by atoms with Crippen LogP contribution < -0.4 is 15.5 Å². The quantitative estimate of drug-likeness (QED) is 0.917. The lowest BCUT2D eigenvalue weighted by Crippen LogP contribution is -2.37. The minimum Gasteiger partial charge on any atom is -0.371 e. The predicted octanol–water partition coefficient (Wildman–Crippen LogP) is 3.43. The van der Waals surface area contributed by atoms with Crippen LogP contribution >= 0.6 is 0 Å². The maximum atomic E-state index is 13.6. The summed E-state index contributed by atoms with van der Waals surface area (Å²) in [5.74, 6) is -0.242. The highest BCUT2D eigenvalue weighted by atomic mass is 19.1. The van der Waals surface area contributed by atoms with Crippen LogP contribution in [0, 0.1) is 5.82 Å². The molecule has 0 aliphatic carbocycles. The Labute approximate surface area is 124 Å². The van der Waals surface area contributed by atoms with E-state index < -0.39 is 0 Å². The summed E-state index contributed by atoms with van der Waals surface area (Å²) in [4.78, 5) is 4.47. The predicted molar refractivity (Wildman–Crippen MR) is 85.7 cm³/mol. The van der Waals surface area contributed by atoms with Gasteiger partial charge in [0.05, 0.1) is 11.4 Å². The molecule has 0 bridgehead atoms. The van der Waals surface area contributed by atoms with Gasteiger partial charge in [0.2, 0.25) is 0 Å². The third-order valence-electron chi connectivity index (χ3n) is 4.01. The van der Waals surface area contributed by atoms with Crippen LogP contribution in [0.25, 0.3) is 0 Å². The van der Waals surface area contributed by atoms with Crippen molar-refractivity contribution in [2.75, 3.05) is 29.9 Å². The van der Waals surface area contributed by atoms with Gasteiger partial charge < -0.3 is 15.5 Å². The maximum Gasteiger partial charge on any atom is 0.123 e. The molecule has 0 spiro atoms. The summed E-state index contributed by atoms with van der Waals surface area (Å²) < 4.78 is 13.6. The molecule has 0 saturated carbocycles. The number of anilines is 3. The Kier molecular flexibility index (Phi) is 3.55. The second-order valence-corrected chi connectivity index (χ2v) is 5.55. The van der Waals surface area contributed by atoms with Gasteiger partial charge in [0.1, 0.15) is 5.82 Å².